The van der Waals surface area contributed by atoms with E-state index in [0.717, 1.165) is 45.7 Å². The molecule has 3 rings (SSSR count). The van der Waals surface area contributed by atoms with Crippen molar-refractivity contribution in [3.63, 3.8) is 0 Å². The molecule has 2 saturated heterocycles. The minimum atomic E-state index is -0.519. The monoisotopic (exact) mass is 481 g/mol. The summed E-state index contributed by atoms with van der Waals surface area (Å²) in [6, 6.07) is 2.75. The third kappa shape index (κ3) is 6.04. The molecule has 184 valence electrons. The first kappa shape index (κ1) is 25.5. The highest BCUT2D eigenvalue weighted by molar-refractivity contribution is 8.00. The number of benzene rings is 1. The molecule has 2 amide bonds. The fourth-order valence-electron chi connectivity index (χ4n) is 4.16. The van der Waals surface area contributed by atoms with E-state index < -0.39 is 6.04 Å². The number of ether oxygens (including phenoxy) is 4. The van der Waals surface area contributed by atoms with Crippen molar-refractivity contribution in [3.8, 4) is 17.2 Å². The summed E-state index contributed by atoms with van der Waals surface area (Å²) in [5.74, 6) is 1.48. The van der Waals surface area contributed by atoms with Crippen molar-refractivity contribution in [2.45, 2.75) is 31.2 Å². The summed E-state index contributed by atoms with van der Waals surface area (Å²) >= 11 is 1.63. The van der Waals surface area contributed by atoms with Crippen LogP contribution < -0.4 is 19.5 Å². The number of methoxy groups -OCH3 is 3. The number of carbonyl (C=O) groups is 2. The number of nitrogens with one attached hydrogen (secondary N) is 1. The minimum absolute atomic E-state index is 0.0688. The highest BCUT2D eigenvalue weighted by atomic mass is 32.2. The Morgan fingerprint density at radius 3 is 2.36 bits per heavy atom. The van der Waals surface area contributed by atoms with Crippen LogP contribution in [0, 0.1) is 0 Å². The van der Waals surface area contributed by atoms with E-state index in [4.69, 9.17) is 18.9 Å². The van der Waals surface area contributed by atoms with Gasteiger partial charge in [0.15, 0.2) is 11.5 Å². The van der Waals surface area contributed by atoms with Crippen molar-refractivity contribution in [1.82, 2.24) is 15.1 Å². The van der Waals surface area contributed by atoms with E-state index in [-0.39, 0.29) is 17.2 Å². The second kappa shape index (κ2) is 12.3. The Balaban J connectivity index is 1.68. The lowest BCUT2D eigenvalue weighted by Gasteiger charge is -2.29. The molecule has 2 aliphatic rings. The smallest absolute Gasteiger partial charge is 0.255 e. The first-order valence-corrected chi connectivity index (χ1v) is 12.4. The Morgan fingerprint density at radius 1 is 1.12 bits per heavy atom. The summed E-state index contributed by atoms with van der Waals surface area (Å²) in [5.41, 5.74) is 0.399. The van der Waals surface area contributed by atoms with Gasteiger partial charge in [-0.3, -0.25) is 14.5 Å². The average Bonchev–Trinajstić information content (AvgIpc) is 3.30. The Bertz CT molecular complexity index is 792. The molecule has 1 N–H and O–H groups in total. The summed E-state index contributed by atoms with van der Waals surface area (Å²) in [4.78, 5) is 30.6. The zero-order valence-corrected chi connectivity index (χ0v) is 20.7. The maximum absolute atomic E-state index is 13.6. The summed E-state index contributed by atoms with van der Waals surface area (Å²) in [6.45, 7) is 6.93. The van der Waals surface area contributed by atoms with Crippen LogP contribution in [-0.4, -0.2) is 99.5 Å². The van der Waals surface area contributed by atoms with Gasteiger partial charge in [-0.25, -0.2) is 0 Å². The number of rotatable bonds is 10. The molecule has 0 radical (unpaired) electrons. The first-order valence-electron chi connectivity index (χ1n) is 11.4. The minimum Gasteiger partial charge on any atom is -0.493 e. The van der Waals surface area contributed by atoms with Crippen molar-refractivity contribution in [3.05, 3.63) is 17.7 Å². The van der Waals surface area contributed by atoms with Gasteiger partial charge in [0.1, 0.15) is 6.04 Å². The lowest BCUT2D eigenvalue weighted by atomic mass is 10.1. The van der Waals surface area contributed by atoms with Crippen LogP contribution in [0.3, 0.4) is 0 Å². The van der Waals surface area contributed by atoms with Crippen LogP contribution in [0.15, 0.2) is 12.1 Å². The molecule has 2 fully saturated rings. The molecule has 2 atom stereocenters. The van der Waals surface area contributed by atoms with Crippen LogP contribution in [0.4, 0.5) is 0 Å². The van der Waals surface area contributed by atoms with Gasteiger partial charge in [0.05, 0.1) is 39.9 Å². The Hall–Kier alpha value is -2.17. The number of amides is 2. The zero-order valence-electron chi connectivity index (χ0n) is 19.9. The van der Waals surface area contributed by atoms with Crippen molar-refractivity contribution >= 4 is 23.6 Å². The third-order valence-electron chi connectivity index (χ3n) is 5.94. The van der Waals surface area contributed by atoms with Gasteiger partial charge in [-0.15, -0.1) is 11.8 Å². The molecule has 10 heteroatoms. The fraction of sp³-hybridized carbons (Fsp3) is 0.652. The highest BCUT2D eigenvalue weighted by Crippen LogP contribution is 2.40. The molecule has 9 nitrogen and oxygen atoms in total. The van der Waals surface area contributed by atoms with Crippen molar-refractivity contribution < 1.29 is 28.5 Å². The Morgan fingerprint density at radius 2 is 1.79 bits per heavy atom. The van der Waals surface area contributed by atoms with E-state index in [1.165, 1.54) is 21.3 Å². The van der Waals surface area contributed by atoms with Gasteiger partial charge in [0, 0.05) is 31.0 Å². The van der Waals surface area contributed by atoms with E-state index in [0.29, 0.717) is 35.1 Å². The van der Waals surface area contributed by atoms with Gasteiger partial charge in [-0.1, -0.05) is 6.92 Å². The molecule has 0 aliphatic carbocycles. The lowest BCUT2D eigenvalue weighted by molar-refractivity contribution is -0.124. The summed E-state index contributed by atoms with van der Waals surface area (Å²) in [7, 11) is 4.55. The summed E-state index contributed by atoms with van der Waals surface area (Å²) in [6.07, 6.45) is 1.62. The lowest BCUT2D eigenvalue weighted by Crippen LogP contribution is -2.50. The van der Waals surface area contributed by atoms with Crippen molar-refractivity contribution in [1.29, 1.82) is 0 Å². The molecular weight excluding hydrogens is 446 g/mol. The maximum atomic E-state index is 13.6. The van der Waals surface area contributed by atoms with Crippen LogP contribution in [0.2, 0.25) is 0 Å². The number of hydrogen-bond acceptors (Lipinski definition) is 8. The van der Waals surface area contributed by atoms with E-state index in [1.807, 2.05) is 6.92 Å². The normalized spacial score (nSPS) is 21.0. The quantitative estimate of drug-likeness (QED) is 0.507. The number of morpholine rings is 1. The Labute approximate surface area is 200 Å². The van der Waals surface area contributed by atoms with Gasteiger partial charge in [-0.05, 0) is 31.5 Å². The third-order valence-corrected chi connectivity index (χ3v) is 7.40. The number of thioether (sulfide) groups is 1. The Kier molecular flexibility index (Phi) is 9.52. The van der Waals surface area contributed by atoms with Crippen molar-refractivity contribution in [2.24, 2.45) is 0 Å². The molecule has 0 saturated carbocycles. The zero-order chi connectivity index (χ0) is 23.8. The first-order chi connectivity index (χ1) is 16.0. The van der Waals surface area contributed by atoms with Crippen LogP contribution in [-0.2, 0) is 9.53 Å². The van der Waals surface area contributed by atoms with Gasteiger partial charge in [0.2, 0.25) is 11.7 Å². The van der Waals surface area contributed by atoms with Crippen molar-refractivity contribution in [2.75, 3.05) is 66.5 Å². The maximum Gasteiger partial charge on any atom is 0.255 e. The molecule has 0 spiro atoms. The molecule has 2 unspecified atom stereocenters. The molecule has 33 heavy (non-hydrogen) atoms. The van der Waals surface area contributed by atoms with Gasteiger partial charge >= 0.3 is 0 Å². The van der Waals surface area contributed by atoms with Gasteiger partial charge < -0.3 is 29.2 Å². The van der Waals surface area contributed by atoms with E-state index in [1.54, 1.807) is 28.8 Å². The molecule has 2 heterocycles. The van der Waals surface area contributed by atoms with Gasteiger partial charge in [0.25, 0.3) is 5.91 Å². The largest absolute Gasteiger partial charge is 0.493 e. The molecule has 2 aliphatic heterocycles. The van der Waals surface area contributed by atoms with Gasteiger partial charge in [-0.2, -0.15) is 0 Å². The average molecular weight is 482 g/mol. The molecule has 0 bridgehead atoms. The number of carbonyl (C=O) groups excluding carboxylic acids is 2. The molecule has 0 aromatic heterocycles. The second-order valence-corrected chi connectivity index (χ2v) is 9.15. The fourth-order valence-corrected chi connectivity index (χ4v) is 5.52. The van der Waals surface area contributed by atoms with Crippen LogP contribution in [0.5, 0.6) is 17.2 Å². The van der Waals surface area contributed by atoms with Crippen LogP contribution in [0.25, 0.3) is 0 Å². The van der Waals surface area contributed by atoms with Crippen LogP contribution >= 0.6 is 11.8 Å². The molecular formula is C23H35N3O6S. The molecule has 1 aromatic rings. The van der Waals surface area contributed by atoms with E-state index in [2.05, 4.69) is 10.2 Å². The standard InChI is InChI=1S/C23H35N3O6S/c1-5-20-26(23(28)16-13-18(29-2)21(31-4)19(14-16)30-3)17(15-33-20)22(27)24-7-6-8-25-9-11-32-12-10-25/h13-14,17,20H,5-12,15H2,1-4H3,(H,24,27). The predicted octanol–water partition coefficient (Wildman–Crippen LogP) is 1.84. The SMILES string of the molecule is CCC1SCC(C(=O)NCCCN2CCOCC2)N1C(=O)c1cc(OC)c(OC)c(OC)c1. The van der Waals surface area contributed by atoms with E-state index in [9.17, 15) is 9.59 Å². The van der Waals surface area contributed by atoms with E-state index >= 15 is 0 Å². The summed E-state index contributed by atoms with van der Waals surface area (Å²) < 4.78 is 21.5. The van der Waals surface area contributed by atoms with Crippen LogP contribution in [0.1, 0.15) is 30.1 Å². The highest BCUT2D eigenvalue weighted by Gasteiger charge is 2.41. The molecule has 1 aromatic carbocycles. The topological polar surface area (TPSA) is 89.6 Å². The number of nitrogens with zero attached hydrogens (tertiary/aromatic N) is 2. The number of hydrogen-bond donors (Lipinski definition) is 1. The second-order valence-electron chi connectivity index (χ2n) is 7.94. The predicted molar refractivity (Wildman–Crippen MR) is 127 cm³/mol. The summed E-state index contributed by atoms with van der Waals surface area (Å²) in [5, 5.41) is 2.97.